The van der Waals surface area contributed by atoms with Crippen molar-refractivity contribution in [1.82, 2.24) is 14.3 Å². The molecule has 1 rings (SSSR count). The Labute approximate surface area is 129 Å². The molecule has 0 bridgehead atoms. The fourth-order valence-electron chi connectivity index (χ4n) is 2.44. The number of rotatable bonds is 11. The number of nitrogens with zero attached hydrogens (tertiary/aromatic N) is 1. The molecular formula is C14H31N3O3S. The Balaban J connectivity index is 2.28. The fourth-order valence-corrected chi connectivity index (χ4v) is 3.74. The first-order valence-corrected chi connectivity index (χ1v) is 9.57. The Hall–Kier alpha value is -0.210. The molecule has 0 aliphatic carbocycles. The summed E-state index contributed by atoms with van der Waals surface area (Å²) < 4.78 is 34.0. The SMILES string of the molecule is CCCCOCCNS(=O)(=O)N1CCCC(CNCC)C1. The van der Waals surface area contributed by atoms with Crippen LogP contribution in [0.1, 0.15) is 39.5 Å². The molecule has 6 nitrogen and oxygen atoms in total. The molecule has 0 radical (unpaired) electrons. The molecule has 1 saturated heterocycles. The van der Waals surface area contributed by atoms with E-state index in [1.165, 1.54) is 0 Å². The third-order valence-electron chi connectivity index (χ3n) is 3.68. The summed E-state index contributed by atoms with van der Waals surface area (Å²) in [6.45, 7) is 8.71. The number of ether oxygens (including phenoxy) is 1. The summed E-state index contributed by atoms with van der Waals surface area (Å²) in [6, 6.07) is 0. The number of unbranched alkanes of at least 4 members (excludes halogenated alkanes) is 1. The lowest BCUT2D eigenvalue weighted by Crippen LogP contribution is -2.48. The minimum Gasteiger partial charge on any atom is -0.380 e. The van der Waals surface area contributed by atoms with E-state index in [0.29, 0.717) is 38.8 Å². The van der Waals surface area contributed by atoms with E-state index in [2.05, 4.69) is 23.9 Å². The summed E-state index contributed by atoms with van der Waals surface area (Å²) in [5, 5.41) is 3.30. The van der Waals surface area contributed by atoms with E-state index in [0.717, 1.165) is 38.8 Å². The summed E-state index contributed by atoms with van der Waals surface area (Å²) >= 11 is 0. The largest absolute Gasteiger partial charge is 0.380 e. The smallest absolute Gasteiger partial charge is 0.279 e. The quantitative estimate of drug-likeness (QED) is 0.556. The van der Waals surface area contributed by atoms with Gasteiger partial charge in [0.15, 0.2) is 0 Å². The highest BCUT2D eigenvalue weighted by Crippen LogP contribution is 2.17. The molecule has 0 aromatic heterocycles. The van der Waals surface area contributed by atoms with Crippen LogP contribution in [0.25, 0.3) is 0 Å². The molecule has 1 fully saturated rings. The van der Waals surface area contributed by atoms with Gasteiger partial charge in [-0.3, -0.25) is 0 Å². The summed E-state index contributed by atoms with van der Waals surface area (Å²) in [5.74, 6) is 0.413. The van der Waals surface area contributed by atoms with Crippen LogP contribution < -0.4 is 10.0 Å². The Morgan fingerprint density at radius 3 is 2.81 bits per heavy atom. The Morgan fingerprint density at radius 2 is 2.10 bits per heavy atom. The van der Waals surface area contributed by atoms with E-state index in [1.54, 1.807) is 4.31 Å². The van der Waals surface area contributed by atoms with Crippen LogP contribution in [0.15, 0.2) is 0 Å². The Bertz CT molecular complexity index is 362. The molecule has 1 aliphatic rings. The monoisotopic (exact) mass is 321 g/mol. The van der Waals surface area contributed by atoms with Gasteiger partial charge in [-0.1, -0.05) is 20.3 Å². The molecule has 2 N–H and O–H groups in total. The topological polar surface area (TPSA) is 70.7 Å². The molecule has 7 heteroatoms. The van der Waals surface area contributed by atoms with E-state index >= 15 is 0 Å². The molecule has 1 aliphatic heterocycles. The zero-order chi connectivity index (χ0) is 15.6. The van der Waals surface area contributed by atoms with E-state index in [9.17, 15) is 8.42 Å². The van der Waals surface area contributed by atoms with Crippen LogP contribution in [0.2, 0.25) is 0 Å². The highest BCUT2D eigenvalue weighted by molar-refractivity contribution is 7.87. The second kappa shape index (κ2) is 10.5. The maximum absolute atomic E-state index is 12.2. The van der Waals surface area contributed by atoms with Gasteiger partial charge in [-0.2, -0.15) is 17.4 Å². The van der Waals surface area contributed by atoms with Crippen molar-refractivity contribution < 1.29 is 13.2 Å². The minimum absolute atomic E-state index is 0.348. The molecule has 0 spiro atoms. The van der Waals surface area contributed by atoms with Crippen molar-refractivity contribution in [1.29, 1.82) is 0 Å². The van der Waals surface area contributed by atoms with Gasteiger partial charge in [-0.25, -0.2) is 0 Å². The lowest BCUT2D eigenvalue weighted by molar-refractivity contribution is 0.136. The molecular weight excluding hydrogens is 290 g/mol. The highest BCUT2D eigenvalue weighted by atomic mass is 32.2. The Morgan fingerprint density at radius 1 is 1.29 bits per heavy atom. The van der Waals surface area contributed by atoms with Crippen molar-refractivity contribution in [3.8, 4) is 0 Å². The molecule has 21 heavy (non-hydrogen) atoms. The average Bonchev–Trinajstić information content (AvgIpc) is 2.49. The fraction of sp³-hybridized carbons (Fsp3) is 1.00. The summed E-state index contributed by atoms with van der Waals surface area (Å²) in [4.78, 5) is 0. The Kier molecular flexibility index (Phi) is 9.42. The van der Waals surface area contributed by atoms with Crippen molar-refractivity contribution in [2.75, 3.05) is 45.9 Å². The number of hydrogen-bond donors (Lipinski definition) is 2. The molecule has 0 aromatic carbocycles. The van der Waals surface area contributed by atoms with Crippen molar-refractivity contribution in [2.45, 2.75) is 39.5 Å². The first-order valence-electron chi connectivity index (χ1n) is 8.13. The van der Waals surface area contributed by atoms with E-state index in [4.69, 9.17) is 4.74 Å². The lowest BCUT2D eigenvalue weighted by atomic mass is 10.00. The van der Waals surface area contributed by atoms with Gasteiger partial charge in [0.1, 0.15) is 0 Å². The lowest BCUT2D eigenvalue weighted by Gasteiger charge is -2.32. The molecule has 0 amide bonds. The summed E-state index contributed by atoms with van der Waals surface area (Å²) in [5.41, 5.74) is 0. The number of piperidine rings is 1. The summed E-state index contributed by atoms with van der Waals surface area (Å²) in [7, 11) is -3.36. The van der Waals surface area contributed by atoms with Crippen molar-refractivity contribution in [3.63, 3.8) is 0 Å². The van der Waals surface area contributed by atoms with Crippen LogP contribution >= 0.6 is 0 Å². The predicted octanol–water partition coefficient (Wildman–Crippen LogP) is 0.959. The van der Waals surface area contributed by atoms with Gasteiger partial charge in [-0.15, -0.1) is 0 Å². The third-order valence-corrected chi connectivity index (χ3v) is 5.26. The van der Waals surface area contributed by atoms with Crippen LogP contribution in [0.5, 0.6) is 0 Å². The van der Waals surface area contributed by atoms with Crippen LogP contribution in [-0.4, -0.2) is 58.7 Å². The van der Waals surface area contributed by atoms with Crippen LogP contribution in [-0.2, 0) is 14.9 Å². The first kappa shape index (κ1) is 18.8. The minimum atomic E-state index is -3.36. The van der Waals surface area contributed by atoms with Gasteiger partial charge in [-0.05, 0) is 38.3 Å². The molecule has 0 saturated carbocycles. The standard InChI is InChI=1S/C14H31N3O3S/c1-3-5-10-20-11-8-16-21(18,19)17-9-6-7-14(13-17)12-15-4-2/h14-16H,3-13H2,1-2H3. The first-order chi connectivity index (χ1) is 10.1. The molecule has 0 aromatic rings. The number of nitrogens with one attached hydrogen (secondary N) is 2. The zero-order valence-electron chi connectivity index (χ0n) is 13.4. The van der Waals surface area contributed by atoms with Crippen LogP contribution in [0, 0.1) is 5.92 Å². The van der Waals surface area contributed by atoms with Gasteiger partial charge >= 0.3 is 0 Å². The average molecular weight is 321 g/mol. The van der Waals surface area contributed by atoms with E-state index in [-0.39, 0.29) is 0 Å². The normalized spacial score (nSPS) is 20.8. The van der Waals surface area contributed by atoms with Crippen molar-refractivity contribution in [2.24, 2.45) is 5.92 Å². The van der Waals surface area contributed by atoms with Gasteiger partial charge in [0.05, 0.1) is 6.61 Å². The third kappa shape index (κ3) is 7.56. The van der Waals surface area contributed by atoms with Gasteiger partial charge in [0, 0.05) is 26.2 Å². The van der Waals surface area contributed by atoms with E-state index in [1.807, 2.05) is 0 Å². The van der Waals surface area contributed by atoms with Crippen LogP contribution in [0.3, 0.4) is 0 Å². The molecule has 126 valence electrons. The molecule has 1 unspecified atom stereocenters. The van der Waals surface area contributed by atoms with Crippen molar-refractivity contribution >= 4 is 10.2 Å². The maximum Gasteiger partial charge on any atom is 0.279 e. The second-order valence-corrected chi connectivity index (χ2v) is 7.29. The summed E-state index contributed by atoms with van der Waals surface area (Å²) in [6.07, 6.45) is 4.14. The highest BCUT2D eigenvalue weighted by Gasteiger charge is 2.28. The number of hydrogen-bond acceptors (Lipinski definition) is 4. The van der Waals surface area contributed by atoms with Crippen LogP contribution in [0.4, 0.5) is 0 Å². The molecule has 1 heterocycles. The van der Waals surface area contributed by atoms with Gasteiger partial charge in [0.25, 0.3) is 10.2 Å². The van der Waals surface area contributed by atoms with Crippen molar-refractivity contribution in [3.05, 3.63) is 0 Å². The second-order valence-electron chi connectivity index (χ2n) is 5.54. The maximum atomic E-state index is 12.2. The molecule has 1 atom stereocenters. The van der Waals surface area contributed by atoms with E-state index < -0.39 is 10.2 Å². The van der Waals surface area contributed by atoms with Gasteiger partial charge in [0.2, 0.25) is 0 Å². The zero-order valence-corrected chi connectivity index (χ0v) is 14.3. The van der Waals surface area contributed by atoms with Gasteiger partial charge < -0.3 is 10.1 Å². The predicted molar refractivity (Wildman–Crippen MR) is 85.5 cm³/mol.